The number of rotatable bonds is 1. The van der Waals surface area contributed by atoms with Crippen molar-refractivity contribution in [3.8, 4) is 5.75 Å². The first-order chi connectivity index (χ1) is 9.97. The van der Waals surface area contributed by atoms with Crippen LogP contribution in [0.3, 0.4) is 0 Å². The predicted molar refractivity (Wildman–Crippen MR) is 70.4 cm³/mol. The molecule has 2 aliphatic rings. The number of aryl methyl sites for hydroxylation is 1. The van der Waals surface area contributed by atoms with Crippen molar-refractivity contribution in [2.24, 2.45) is 5.92 Å². The van der Waals surface area contributed by atoms with E-state index in [0.717, 1.165) is 31.7 Å². The van der Waals surface area contributed by atoms with E-state index in [-0.39, 0.29) is 76.0 Å². The summed E-state index contributed by atoms with van der Waals surface area (Å²) in [5.41, 5.74) is -0.783. The Hall–Kier alpha value is 0.545. The third-order valence-corrected chi connectivity index (χ3v) is 4.45. The van der Waals surface area contributed by atoms with Gasteiger partial charge in [0.25, 0.3) is 0 Å². The van der Waals surface area contributed by atoms with Crippen molar-refractivity contribution in [3.05, 3.63) is 35.5 Å². The minimum atomic E-state index is -4.72. The molecular formula is C16H17F4ORb. The Morgan fingerprint density at radius 3 is 2.41 bits per heavy atom. The first-order valence-corrected chi connectivity index (χ1v) is 7.33. The molecule has 1 atom stereocenters. The van der Waals surface area contributed by atoms with Gasteiger partial charge in [0.15, 0.2) is 0 Å². The number of hydrogen-bond donors (Lipinski definition) is 0. The molecule has 1 unspecified atom stereocenters. The summed E-state index contributed by atoms with van der Waals surface area (Å²) in [6, 6.07) is 2.30. The van der Waals surface area contributed by atoms with Gasteiger partial charge in [-0.1, -0.05) is 18.9 Å². The molecule has 0 amide bonds. The zero-order valence-corrected chi connectivity index (χ0v) is 17.5. The van der Waals surface area contributed by atoms with E-state index < -0.39 is 17.6 Å². The quantitative estimate of drug-likeness (QED) is 0.529. The minimum absolute atomic E-state index is 0. The Bertz CT molecular complexity index is 524. The van der Waals surface area contributed by atoms with E-state index in [1.807, 2.05) is 0 Å². The molecule has 22 heavy (non-hydrogen) atoms. The number of alkyl halides is 3. The van der Waals surface area contributed by atoms with Crippen LogP contribution in [0.4, 0.5) is 17.6 Å². The molecular weight excluding hydrogens is 370 g/mol. The Morgan fingerprint density at radius 2 is 1.77 bits per heavy atom. The molecule has 1 aromatic carbocycles. The van der Waals surface area contributed by atoms with Crippen molar-refractivity contribution < 1.29 is 80.5 Å². The van der Waals surface area contributed by atoms with E-state index in [1.165, 1.54) is 6.07 Å². The summed E-state index contributed by atoms with van der Waals surface area (Å²) in [7, 11) is 0. The Morgan fingerprint density at radius 1 is 1.09 bits per heavy atom. The molecule has 6 heteroatoms. The number of hydrogen-bond acceptors (Lipinski definition) is 1. The standard InChI is InChI=1S/C16H17F4O.Rb/c17-12-8-6-11-7-9-13(10-4-2-1-3-5-10)21-15(11)14(12)16(18,19)20;/h1,6,8,10,13H,2-5,7,9H2;/q-1;+1. The second kappa shape index (κ2) is 7.62. The number of fused-ring (bicyclic) bond motifs is 1. The van der Waals surface area contributed by atoms with Crippen LogP contribution in [0.2, 0.25) is 0 Å². The molecule has 1 aliphatic heterocycles. The summed E-state index contributed by atoms with van der Waals surface area (Å²) in [6.07, 6.45) is 2.32. The van der Waals surface area contributed by atoms with Gasteiger partial charge in [0.05, 0.1) is 0 Å². The number of benzene rings is 1. The Kier molecular flexibility index (Phi) is 6.54. The molecule has 1 aliphatic carbocycles. The van der Waals surface area contributed by atoms with Gasteiger partial charge in [0.2, 0.25) is 0 Å². The molecule has 1 saturated carbocycles. The van der Waals surface area contributed by atoms with Gasteiger partial charge >= 0.3 is 64.4 Å². The van der Waals surface area contributed by atoms with Gasteiger partial charge in [-0.25, -0.2) is 4.39 Å². The van der Waals surface area contributed by atoms with Gasteiger partial charge in [0.1, 0.15) is 23.2 Å². The van der Waals surface area contributed by atoms with Crippen molar-refractivity contribution >= 4 is 0 Å². The largest absolute Gasteiger partial charge is 1.00 e. The zero-order chi connectivity index (χ0) is 15.0. The van der Waals surface area contributed by atoms with Gasteiger partial charge < -0.3 is 11.2 Å². The molecule has 1 nitrogen and oxygen atoms in total. The van der Waals surface area contributed by atoms with Crippen LogP contribution in [0.1, 0.15) is 43.2 Å². The monoisotopic (exact) mass is 386 g/mol. The maximum Gasteiger partial charge on any atom is 1.00 e. The molecule has 1 heterocycles. The maximum atomic E-state index is 13.6. The van der Waals surface area contributed by atoms with E-state index >= 15 is 0 Å². The van der Waals surface area contributed by atoms with E-state index in [1.54, 1.807) is 0 Å². The number of ether oxygens (including phenoxy) is 1. The minimum Gasteiger partial charge on any atom is -0.489 e. The van der Waals surface area contributed by atoms with Crippen LogP contribution in [0, 0.1) is 18.2 Å². The van der Waals surface area contributed by atoms with Gasteiger partial charge in [-0.15, -0.1) is 0 Å². The Labute approximate surface area is 176 Å². The zero-order valence-electron chi connectivity index (χ0n) is 12.5. The molecule has 0 saturated heterocycles. The molecule has 1 fully saturated rings. The van der Waals surface area contributed by atoms with Crippen LogP contribution in [-0.4, -0.2) is 6.10 Å². The van der Waals surface area contributed by atoms with Crippen LogP contribution in [0.5, 0.6) is 5.75 Å². The smallest absolute Gasteiger partial charge is 0.489 e. The van der Waals surface area contributed by atoms with Crippen LogP contribution >= 0.6 is 0 Å². The second-order valence-electron chi connectivity index (χ2n) is 5.81. The topological polar surface area (TPSA) is 9.23 Å². The van der Waals surface area contributed by atoms with Crippen molar-refractivity contribution in [2.45, 2.75) is 50.8 Å². The summed E-state index contributed by atoms with van der Waals surface area (Å²) in [5, 5.41) is 0. The average Bonchev–Trinajstić information content (AvgIpc) is 2.46. The molecule has 0 bridgehead atoms. The maximum absolute atomic E-state index is 13.6. The van der Waals surface area contributed by atoms with Crippen molar-refractivity contribution in [2.75, 3.05) is 0 Å². The summed E-state index contributed by atoms with van der Waals surface area (Å²) >= 11 is 0. The molecule has 0 radical (unpaired) electrons. The third kappa shape index (κ3) is 3.96. The first-order valence-electron chi connectivity index (χ1n) is 7.33. The normalized spacial score (nSPS) is 22.5. The van der Waals surface area contributed by atoms with E-state index in [4.69, 9.17) is 4.74 Å². The molecule has 3 rings (SSSR count). The summed E-state index contributed by atoms with van der Waals surface area (Å²) < 4.78 is 58.5. The molecule has 1 aromatic rings. The summed E-state index contributed by atoms with van der Waals surface area (Å²) in [6.45, 7) is 0. The van der Waals surface area contributed by atoms with Crippen molar-refractivity contribution in [3.63, 3.8) is 0 Å². The van der Waals surface area contributed by atoms with Gasteiger partial charge in [-0.3, -0.25) is 0 Å². The van der Waals surface area contributed by atoms with Crippen molar-refractivity contribution in [1.82, 2.24) is 0 Å². The average molecular weight is 387 g/mol. The SMILES string of the molecule is Fc1ccc2c(c1C(F)(F)F)OC(C1CC[CH-]CC1)CC2.[Rb+]. The van der Waals surface area contributed by atoms with Crippen LogP contribution < -0.4 is 62.9 Å². The Balaban J connectivity index is 0.00000176. The fraction of sp³-hybridized carbons (Fsp3) is 0.562. The van der Waals surface area contributed by atoms with E-state index in [2.05, 4.69) is 6.42 Å². The third-order valence-electron chi connectivity index (χ3n) is 4.45. The molecule has 116 valence electrons. The molecule has 0 spiro atoms. The van der Waals surface area contributed by atoms with Crippen molar-refractivity contribution in [1.29, 1.82) is 0 Å². The van der Waals surface area contributed by atoms with Crippen LogP contribution in [-0.2, 0) is 12.6 Å². The van der Waals surface area contributed by atoms with E-state index in [0.29, 0.717) is 18.4 Å². The molecule has 0 N–H and O–H groups in total. The number of halogens is 4. The molecule has 0 aromatic heterocycles. The fourth-order valence-electron chi connectivity index (χ4n) is 3.36. The van der Waals surface area contributed by atoms with Crippen LogP contribution in [0.25, 0.3) is 0 Å². The van der Waals surface area contributed by atoms with Gasteiger partial charge in [0, 0.05) is 0 Å². The predicted octanol–water partition coefficient (Wildman–Crippen LogP) is 1.94. The second-order valence-corrected chi connectivity index (χ2v) is 5.81. The fourth-order valence-corrected chi connectivity index (χ4v) is 3.36. The first kappa shape index (κ1) is 18.9. The van der Waals surface area contributed by atoms with Gasteiger partial charge in [-0.2, -0.15) is 26.0 Å². The summed E-state index contributed by atoms with van der Waals surface area (Å²) in [5.74, 6) is -1.26. The van der Waals surface area contributed by atoms with E-state index in [9.17, 15) is 17.6 Å². The van der Waals surface area contributed by atoms with Crippen LogP contribution in [0.15, 0.2) is 12.1 Å². The van der Waals surface area contributed by atoms with Gasteiger partial charge in [-0.05, 0) is 30.4 Å². The summed E-state index contributed by atoms with van der Waals surface area (Å²) in [4.78, 5) is 0.